The van der Waals surface area contributed by atoms with Gasteiger partial charge in [-0.05, 0) is 117 Å². The zero-order valence-corrected chi connectivity index (χ0v) is 40.0. The van der Waals surface area contributed by atoms with Crippen molar-refractivity contribution < 1.29 is 37.1 Å². The zero-order chi connectivity index (χ0) is 49.7. The molecule has 5 amide bonds. The Morgan fingerprint density at radius 3 is 2.28 bits per heavy atom. The number of piperazine rings is 1. The molecule has 71 heavy (non-hydrogen) atoms. The molecule has 2 N–H and O–H groups in total. The first-order valence-electron chi connectivity index (χ1n) is 24.3. The number of hydrogen-bond acceptors (Lipinski definition) is 12. The largest absolute Gasteiger partial charge is 0.435 e. The Labute approximate surface area is 408 Å². The minimum Gasteiger partial charge on any atom is -0.371 e. The number of pyridine rings is 3. The normalized spacial score (nSPS) is 21.7. The first-order valence-corrected chi connectivity index (χ1v) is 24.3. The van der Waals surface area contributed by atoms with E-state index in [1.165, 1.54) is 23.5 Å². The number of piperidine rings is 2. The number of nitrogens with one attached hydrogen (secondary N) is 2. The third-order valence-electron chi connectivity index (χ3n) is 15.3. The van der Waals surface area contributed by atoms with Crippen LogP contribution in [0.2, 0.25) is 0 Å². The van der Waals surface area contributed by atoms with E-state index in [9.17, 15) is 37.1 Å². The van der Waals surface area contributed by atoms with Crippen LogP contribution in [0.15, 0.2) is 67.1 Å². The Balaban J connectivity index is 0.726. The molecule has 16 nitrogen and oxygen atoms in total. The van der Waals surface area contributed by atoms with Crippen LogP contribution in [0.5, 0.6) is 0 Å². The summed E-state index contributed by atoms with van der Waals surface area (Å²) in [4.78, 5) is 87.5. The van der Waals surface area contributed by atoms with Gasteiger partial charge < -0.3 is 19.7 Å². The summed E-state index contributed by atoms with van der Waals surface area (Å²) >= 11 is 0. The molecule has 1 unspecified atom stereocenters. The minimum atomic E-state index is -4.75. The molecule has 4 aromatic heterocycles. The van der Waals surface area contributed by atoms with E-state index in [-0.39, 0.29) is 52.8 Å². The number of anilines is 5. The molecule has 0 bridgehead atoms. The molecule has 1 aliphatic carbocycles. The molecule has 0 spiro atoms. The lowest BCUT2D eigenvalue weighted by Crippen LogP contribution is -2.57. The van der Waals surface area contributed by atoms with E-state index >= 15 is 0 Å². The van der Waals surface area contributed by atoms with Crippen molar-refractivity contribution >= 4 is 58.2 Å². The van der Waals surface area contributed by atoms with Crippen LogP contribution in [0.1, 0.15) is 100 Å². The van der Waals surface area contributed by atoms with Gasteiger partial charge in [-0.3, -0.25) is 44.0 Å². The van der Waals surface area contributed by atoms with Crippen LogP contribution in [0.4, 0.5) is 41.9 Å². The highest BCUT2D eigenvalue weighted by molar-refractivity contribution is 6.23. The molecule has 11 rings (SSSR count). The molecule has 5 aromatic rings. The number of carbonyl (C=O) groups is 5. The molecule has 0 radical (unpaired) electrons. The Morgan fingerprint density at radius 1 is 0.775 bits per heavy atom. The van der Waals surface area contributed by atoms with E-state index in [4.69, 9.17) is 0 Å². The first-order chi connectivity index (χ1) is 33.9. The number of rotatable bonds is 8. The molecule has 1 aromatic carbocycles. The SMILES string of the molecule is Cc1c(-c2cnc(C(F)(F)F)c(Nc3ccc(N4CCN(C5CCN(c6ccc7c(c6)C(=O)N(C6CCC(=O)NC6=O)C7=O)CC5)C[C@@H]4C)cn3)c2)ccnc1N1CCn2c(cc3c2CC(C)(C)C3)C1=O. The number of carbonyl (C=O) groups excluding carboxylic acids is 5. The van der Waals surface area contributed by atoms with Crippen molar-refractivity contribution in [3.63, 3.8) is 0 Å². The van der Waals surface area contributed by atoms with Gasteiger partial charge in [0, 0.05) is 93.7 Å². The minimum absolute atomic E-state index is 0.0610. The van der Waals surface area contributed by atoms with Crippen molar-refractivity contribution in [2.24, 2.45) is 5.41 Å². The summed E-state index contributed by atoms with van der Waals surface area (Å²) in [6.45, 7) is 13.3. The number of nitrogens with zero attached hydrogens (tertiary/aromatic N) is 9. The summed E-state index contributed by atoms with van der Waals surface area (Å²) in [6, 6.07) is 13.4. The predicted octanol–water partition coefficient (Wildman–Crippen LogP) is 6.78. The van der Waals surface area contributed by atoms with Crippen LogP contribution >= 0.6 is 0 Å². The van der Waals surface area contributed by atoms with E-state index in [1.54, 1.807) is 41.6 Å². The van der Waals surface area contributed by atoms with Crippen LogP contribution in [-0.2, 0) is 35.2 Å². The quantitative estimate of drug-likeness (QED) is 0.157. The van der Waals surface area contributed by atoms with Crippen molar-refractivity contribution in [1.82, 2.24) is 34.6 Å². The number of hydrogen-bond donors (Lipinski definition) is 2. The van der Waals surface area contributed by atoms with Gasteiger partial charge in [0.15, 0.2) is 5.69 Å². The van der Waals surface area contributed by atoms with Gasteiger partial charge in [0.05, 0.1) is 28.7 Å². The first kappa shape index (κ1) is 46.2. The van der Waals surface area contributed by atoms with Gasteiger partial charge in [-0.2, -0.15) is 13.2 Å². The van der Waals surface area contributed by atoms with E-state index in [0.717, 1.165) is 74.7 Å². The maximum Gasteiger partial charge on any atom is 0.435 e. The second kappa shape index (κ2) is 17.3. The smallest absolute Gasteiger partial charge is 0.371 e. The molecular weight excluding hydrogens is 916 g/mol. The van der Waals surface area contributed by atoms with Gasteiger partial charge >= 0.3 is 6.18 Å². The van der Waals surface area contributed by atoms with Crippen molar-refractivity contribution in [1.29, 1.82) is 0 Å². The third-order valence-corrected chi connectivity index (χ3v) is 15.3. The number of fused-ring (bicyclic) bond motifs is 4. The fraction of sp³-hybridized carbons (Fsp3) is 0.423. The monoisotopic (exact) mass is 969 g/mol. The lowest BCUT2D eigenvalue weighted by Gasteiger charge is -2.46. The molecule has 0 saturated carbocycles. The van der Waals surface area contributed by atoms with E-state index in [2.05, 4.69) is 65.6 Å². The molecule has 2 atom stereocenters. The summed E-state index contributed by atoms with van der Waals surface area (Å²) in [5.41, 5.74) is 5.80. The predicted molar refractivity (Wildman–Crippen MR) is 259 cm³/mol. The average Bonchev–Trinajstić information content (AvgIpc) is 3.93. The number of alkyl halides is 3. The summed E-state index contributed by atoms with van der Waals surface area (Å²) in [5.74, 6) is -1.56. The van der Waals surface area contributed by atoms with Gasteiger partial charge in [-0.25, -0.2) is 15.0 Å². The van der Waals surface area contributed by atoms with Gasteiger partial charge in [-0.15, -0.1) is 0 Å². The highest BCUT2D eigenvalue weighted by Gasteiger charge is 2.45. The number of imide groups is 2. The lowest BCUT2D eigenvalue weighted by molar-refractivity contribution is -0.140. The van der Waals surface area contributed by atoms with Crippen LogP contribution in [0.3, 0.4) is 0 Å². The standard InChI is InChI=1S/C52H54F3N11O5/c1-29-28-62(33-12-15-61(16-13-33)34-5-7-37-38(23-34)49(70)66(48(37)69)40-8-10-44(67)60-47(40)68)17-18-63(29)35-6-9-43(57-27-35)59-39-21-32(26-58-45(39)52(53,54)55)36-11-14-56-46(30(36)2)65-20-19-64-41(50(65)71)22-31-24-51(3,4)25-42(31)64/h5-7,9,11,14,21-23,26-27,29,33,40H,8,10,12-13,15-20,24-25,28H2,1-4H3,(H,57,59)(H,60,67,68)/t29-,40?/m0/s1. The Kier molecular flexibility index (Phi) is 11.3. The van der Waals surface area contributed by atoms with Gasteiger partial charge in [0.1, 0.15) is 23.4 Å². The highest BCUT2D eigenvalue weighted by atomic mass is 19.4. The molecule has 3 saturated heterocycles. The van der Waals surface area contributed by atoms with Crippen LogP contribution in [0.25, 0.3) is 11.1 Å². The molecular formula is C52H54F3N11O5. The molecule has 6 aliphatic rings. The Hall–Kier alpha value is -7.15. The maximum atomic E-state index is 14.5. The zero-order valence-electron chi connectivity index (χ0n) is 40.0. The average molecular weight is 970 g/mol. The Bertz CT molecular complexity index is 3040. The maximum absolute atomic E-state index is 14.5. The summed E-state index contributed by atoms with van der Waals surface area (Å²) in [7, 11) is 0. The van der Waals surface area contributed by atoms with Gasteiger partial charge in [0.25, 0.3) is 17.7 Å². The number of halogens is 3. The highest BCUT2D eigenvalue weighted by Crippen LogP contribution is 2.42. The van der Waals surface area contributed by atoms with Crippen molar-refractivity contribution in [3.8, 4) is 11.1 Å². The van der Waals surface area contributed by atoms with Gasteiger partial charge in [0.2, 0.25) is 11.8 Å². The summed E-state index contributed by atoms with van der Waals surface area (Å²) in [6.07, 6.45) is 3.49. The number of amides is 5. The number of aromatic nitrogens is 4. The summed E-state index contributed by atoms with van der Waals surface area (Å²) < 4.78 is 45.5. The van der Waals surface area contributed by atoms with Crippen LogP contribution < -0.4 is 25.3 Å². The van der Waals surface area contributed by atoms with E-state index < -0.39 is 41.5 Å². The van der Waals surface area contributed by atoms with Gasteiger partial charge in [-0.1, -0.05) is 13.8 Å². The molecule has 9 heterocycles. The van der Waals surface area contributed by atoms with Crippen molar-refractivity contribution in [2.45, 2.75) is 97.1 Å². The summed E-state index contributed by atoms with van der Waals surface area (Å²) in [5, 5.41) is 5.14. The molecule has 3 fully saturated rings. The fourth-order valence-electron chi connectivity index (χ4n) is 11.8. The third kappa shape index (κ3) is 8.26. The second-order valence-electron chi connectivity index (χ2n) is 20.5. The van der Waals surface area contributed by atoms with Crippen molar-refractivity contribution in [3.05, 3.63) is 106 Å². The lowest BCUT2D eigenvalue weighted by atomic mass is 9.90. The van der Waals surface area contributed by atoms with Crippen LogP contribution in [0, 0.1) is 12.3 Å². The molecule has 19 heteroatoms. The second-order valence-corrected chi connectivity index (χ2v) is 20.5. The fourth-order valence-corrected chi connectivity index (χ4v) is 11.8. The van der Waals surface area contributed by atoms with Crippen molar-refractivity contribution in [2.75, 3.05) is 59.3 Å². The van der Waals surface area contributed by atoms with Crippen LogP contribution in [-0.4, -0.2) is 116 Å². The topological polar surface area (TPSA) is 169 Å². The Morgan fingerprint density at radius 2 is 1.55 bits per heavy atom. The van der Waals surface area contributed by atoms with E-state index in [1.807, 2.05) is 25.1 Å². The van der Waals surface area contributed by atoms with E-state index in [0.29, 0.717) is 47.3 Å². The molecule has 368 valence electrons. The number of benzene rings is 1. The molecule has 5 aliphatic heterocycles.